The van der Waals surface area contributed by atoms with E-state index in [-0.39, 0.29) is 22.9 Å². The molecule has 0 bridgehead atoms. The molecular weight excluding hydrogens is 433 g/mol. The van der Waals surface area contributed by atoms with E-state index in [1.807, 2.05) is 0 Å². The quantitative estimate of drug-likeness (QED) is 0.457. The number of anilines is 2. The van der Waals surface area contributed by atoms with Gasteiger partial charge in [0.25, 0.3) is 5.91 Å². The van der Waals surface area contributed by atoms with Gasteiger partial charge in [-0.15, -0.1) is 6.42 Å². The summed E-state index contributed by atoms with van der Waals surface area (Å²) in [6.07, 6.45) is 5.46. The van der Waals surface area contributed by atoms with Gasteiger partial charge in [0.1, 0.15) is 0 Å². The highest BCUT2D eigenvalue weighted by Gasteiger charge is 2.33. The summed E-state index contributed by atoms with van der Waals surface area (Å²) in [7, 11) is 3.29. The lowest BCUT2D eigenvalue weighted by molar-refractivity contribution is -0.137. The number of alkyl halides is 3. The number of hydrogen-bond acceptors (Lipinski definition) is 5. The number of aromatic nitrogens is 4. The molecule has 166 valence electrons. The number of terminal acetylenes is 1. The van der Waals surface area contributed by atoms with Crippen molar-refractivity contribution in [3.05, 3.63) is 65.6 Å². The molecule has 0 aliphatic rings. The molecule has 1 amide bonds. The number of carbonyl (C=O) groups is 1. The first-order valence-corrected chi connectivity index (χ1v) is 9.66. The normalized spacial score (nSPS) is 11.3. The molecule has 2 N–H and O–H groups in total. The molecule has 0 aliphatic carbocycles. The van der Waals surface area contributed by atoms with E-state index in [1.54, 1.807) is 42.3 Å². The van der Waals surface area contributed by atoms with E-state index < -0.39 is 11.7 Å². The van der Waals surface area contributed by atoms with Crippen molar-refractivity contribution in [2.75, 3.05) is 12.4 Å². The average Bonchev–Trinajstić information content (AvgIpc) is 3.23. The van der Waals surface area contributed by atoms with Crippen LogP contribution >= 0.6 is 0 Å². The van der Waals surface area contributed by atoms with Crippen molar-refractivity contribution < 1.29 is 18.0 Å². The van der Waals surface area contributed by atoms with E-state index in [4.69, 9.17) is 6.42 Å². The predicted molar refractivity (Wildman–Crippen MR) is 118 cm³/mol. The monoisotopic (exact) mass is 450 g/mol. The van der Waals surface area contributed by atoms with Crippen LogP contribution in [0, 0.1) is 12.3 Å². The lowest BCUT2D eigenvalue weighted by Crippen LogP contribution is -2.18. The summed E-state index contributed by atoms with van der Waals surface area (Å²) in [4.78, 5) is 20.7. The van der Waals surface area contributed by atoms with E-state index in [1.165, 1.54) is 19.3 Å². The van der Waals surface area contributed by atoms with Crippen LogP contribution in [0.3, 0.4) is 0 Å². The third kappa shape index (κ3) is 4.48. The lowest BCUT2D eigenvalue weighted by atomic mass is 10.0. The van der Waals surface area contributed by atoms with E-state index in [9.17, 15) is 18.0 Å². The highest BCUT2D eigenvalue weighted by Crippen LogP contribution is 2.34. The second-order valence-electron chi connectivity index (χ2n) is 7.20. The van der Waals surface area contributed by atoms with Gasteiger partial charge in [-0.2, -0.15) is 18.3 Å². The number of aryl methyl sites for hydroxylation is 1. The molecule has 4 rings (SSSR count). The first-order chi connectivity index (χ1) is 15.7. The summed E-state index contributed by atoms with van der Waals surface area (Å²) in [5.41, 5.74) is 1.20. The number of nitrogens with zero attached hydrogens (tertiary/aromatic N) is 4. The number of benzene rings is 2. The van der Waals surface area contributed by atoms with Crippen molar-refractivity contribution in [1.82, 2.24) is 25.1 Å². The molecule has 2 aromatic heterocycles. The Bertz CT molecular complexity index is 1420. The second-order valence-corrected chi connectivity index (χ2v) is 7.20. The smallest absolute Gasteiger partial charge is 0.355 e. The molecule has 7 nitrogen and oxygen atoms in total. The minimum Gasteiger partial charge on any atom is -0.355 e. The van der Waals surface area contributed by atoms with E-state index in [0.717, 1.165) is 11.6 Å². The number of nitrogens with one attached hydrogen (secondary N) is 2. The average molecular weight is 450 g/mol. The molecule has 0 radical (unpaired) electrons. The molecule has 0 saturated carbocycles. The van der Waals surface area contributed by atoms with Crippen molar-refractivity contribution in [3.63, 3.8) is 0 Å². The van der Waals surface area contributed by atoms with Crippen LogP contribution < -0.4 is 10.6 Å². The van der Waals surface area contributed by atoms with Crippen LogP contribution in [-0.2, 0) is 13.2 Å². The Morgan fingerprint density at radius 1 is 1.12 bits per heavy atom. The van der Waals surface area contributed by atoms with Crippen molar-refractivity contribution in [2.45, 2.75) is 6.18 Å². The van der Waals surface area contributed by atoms with Gasteiger partial charge < -0.3 is 10.6 Å². The van der Waals surface area contributed by atoms with Crippen molar-refractivity contribution in [3.8, 4) is 23.5 Å². The second kappa shape index (κ2) is 8.27. The summed E-state index contributed by atoms with van der Waals surface area (Å²) in [6.45, 7) is 0. The predicted octanol–water partition coefficient (Wildman–Crippen LogP) is 4.13. The van der Waals surface area contributed by atoms with Crippen molar-refractivity contribution in [2.24, 2.45) is 7.05 Å². The van der Waals surface area contributed by atoms with Gasteiger partial charge in [0.2, 0.25) is 5.95 Å². The number of rotatable bonds is 4. The minimum absolute atomic E-state index is 0.0651. The summed E-state index contributed by atoms with van der Waals surface area (Å²) >= 11 is 0. The number of carbonyl (C=O) groups excluding carboxylic acids is 1. The van der Waals surface area contributed by atoms with Crippen LogP contribution in [0.2, 0.25) is 0 Å². The zero-order valence-corrected chi connectivity index (χ0v) is 17.5. The SMILES string of the molecule is C#Cc1cc2cnc(Nc3cc(C(=O)NC)cc(-c4cnn(C)c4)c3)nc2cc1C(F)(F)F. The van der Waals surface area contributed by atoms with E-state index >= 15 is 0 Å². The Kier molecular flexibility index (Phi) is 5.47. The van der Waals surface area contributed by atoms with Gasteiger partial charge in [-0.25, -0.2) is 9.97 Å². The Morgan fingerprint density at radius 2 is 1.91 bits per heavy atom. The summed E-state index contributed by atoms with van der Waals surface area (Å²) in [5, 5.41) is 10.1. The molecule has 0 unspecified atom stereocenters. The molecule has 4 aromatic rings. The molecule has 0 fully saturated rings. The van der Waals surface area contributed by atoms with Gasteiger partial charge >= 0.3 is 6.18 Å². The maximum atomic E-state index is 13.4. The summed E-state index contributed by atoms with van der Waals surface area (Å²) in [6, 6.07) is 7.20. The summed E-state index contributed by atoms with van der Waals surface area (Å²) < 4.78 is 41.7. The van der Waals surface area contributed by atoms with Crippen LogP contribution in [0.5, 0.6) is 0 Å². The highest BCUT2D eigenvalue weighted by atomic mass is 19.4. The van der Waals surface area contributed by atoms with Crippen LogP contribution in [0.4, 0.5) is 24.8 Å². The van der Waals surface area contributed by atoms with Crippen LogP contribution in [0.15, 0.2) is 48.9 Å². The molecule has 2 aromatic carbocycles. The van der Waals surface area contributed by atoms with Crippen LogP contribution in [-0.4, -0.2) is 32.7 Å². The zero-order valence-electron chi connectivity index (χ0n) is 17.5. The van der Waals surface area contributed by atoms with Crippen molar-refractivity contribution in [1.29, 1.82) is 0 Å². The fourth-order valence-electron chi connectivity index (χ4n) is 3.33. The van der Waals surface area contributed by atoms with Gasteiger partial charge in [0, 0.05) is 54.3 Å². The van der Waals surface area contributed by atoms with Crippen LogP contribution in [0.1, 0.15) is 21.5 Å². The number of halogens is 3. The zero-order chi connectivity index (χ0) is 23.8. The molecule has 0 saturated heterocycles. The number of hydrogen-bond donors (Lipinski definition) is 2. The summed E-state index contributed by atoms with van der Waals surface area (Å²) in [5.74, 6) is 1.82. The fraction of sp³-hybridized carbons (Fsp3) is 0.130. The molecule has 10 heteroatoms. The van der Waals surface area contributed by atoms with Gasteiger partial charge in [-0.3, -0.25) is 9.48 Å². The maximum absolute atomic E-state index is 13.4. The van der Waals surface area contributed by atoms with E-state index in [2.05, 4.69) is 31.6 Å². The Morgan fingerprint density at radius 3 is 2.55 bits per heavy atom. The van der Waals surface area contributed by atoms with E-state index in [0.29, 0.717) is 22.2 Å². The van der Waals surface area contributed by atoms with Gasteiger partial charge in [-0.1, -0.05) is 5.92 Å². The van der Waals surface area contributed by atoms with Crippen LogP contribution in [0.25, 0.3) is 22.0 Å². The number of fused-ring (bicyclic) bond motifs is 1. The first kappa shape index (κ1) is 21.8. The molecule has 33 heavy (non-hydrogen) atoms. The third-order valence-corrected chi connectivity index (χ3v) is 4.90. The highest BCUT2D eigenvalue weighted by molar-refractivity contribution is 5.96. The maximum Gasteiger partial charge on any atom is 0.417 e. The molecular formula is C23H17F3N6O. The first-order valence-electron chi connectivity index (χ1n) is 9.66. The topological polar surface area (TPSA) is 84.7 Å². The molecule has 0 spiro atoms. The van der Waals surface area contributed by atoms with Gasteiger partial charge in [0.15, 0.2) is 0 Å². The largest absolute Gasteiger partial charge is 0.417 e. The Balaban J connectivity index is 1.77. The molecule has 0 atom stereocenters. The van der Waals surface area contributed by atoms with Crippen molar-refractivity contribution >= 4 is 28.4 Å². The molecule has 0 aliphatic heterocycles. The third-order valence-electron chi connectivity index (χ3n) is 4.90. The molecule has 2 heterocycles. The fourth-order valence-corrected chi connectivity index (χ4v) is 3.33. The van der Waals surface area contributed by atoms with Gasteiger partial charge in [-0.05, 0) is 35.9 Å². The Hall–Kier alpha value is -4.39. The number of amides is 1. The standard InChI is InChI=1S/C23H17F3N6O/c1-4-13-5-16-10-28-22(31-20(16)9-19(13)23(24,25)26)30-18-7-14(17-11-29-32(3)12-17)6-15(8-18)21(33)27-2/h1,5-12H,2-3H3,(H,27,33)(H,28,30,31). The minimum atomic E-state index is -4.62. The Labute approximate surface area is 186 Å². The lowest BCUT2D eigenvalue weighted by Gasteiger charge is -2.12. The van der Waals surface area contributed by atoms with Gasteiger partial charge in [0.05, 0.1) is 17.3 Å².